The summed E-state index contributed by atoms with van der Waals surface area (Å²) in [5.74, 6) is 1.07. The van der Waals surface area contributed by atoms with Crippen molar-refractivity contribution in [2.75, 3.05) is 79.3 Å². The van der Waals surface area contributed by atoms with Gasteiger partial charge in [-0.25, -0.2) is 0 Å². The number of nitrogens with two attached hydrogens (primary N) is 1. The molecule has 3 rings (SSSR count). The maximum atomic E-state index is 11.0. The summed E-state index contributed by atoms with van der Waals surface area (Å²) in [5, 5.41) is 10.3. The number of benzene rings is 1. The van der Waals surface area contributed by atoms with Gasteiger partial charge in [-0.15, -0.1) is 0 Å². The topological polar surface area (TPSA) is 101 Å². The summed E-state index contributed by atoms with van der Waals surface area (Å²) in [6, 6.07) is 5.97. The normalized spacial score (nSPS) is 19.8. The van der Waals surface area contributed by atoms with Crippen LogP contribution in [0.15, 0.2) is 18.2 Å². The van der Waals surface area contributed by atoms with Crippen LogP contribution in [-0.2, 0) is 16.1 Å². The third kappa shape index (κ3) is 7.93. The van der Waals surface area contributed by atoms with E-state index in [9.17, 15) is 9.90 Å². The minimum Gasteiger partial charge on any atom is -0.493 e. The molecule has 1 atom stereocenters. The van der Waals surface area contributed by atoms with Gasteiger partial charge < -0.3 is 30.0 Å². The standard InChI is InChI=1S/C22H36N4O5/c1-29-21-14-18(15-25-8-6-24(7-9-25)5-4-22(23)28)2-3-20(21)31-17-19(27)16-26-10-12-30-13-11-26/h2-3,14,19,27H,4-13,15-17H2,1H3,(H2,23,28). The number of aliphatic hydroxyl groups excluding tert-OH is 1. The van der Waals surface area contributed by atoms with E-state index in [1.165, 1.54) is 0 Å². The van der Waals surface area contributed by atoms with Crippen LogP contribution in [0.3, 0.4) is 0 Å². The Morgan fingerprint density at radius 3 is 2.48 bits per heavy atom. The lowest BCUT2D eigenvalue weighted by Gasteiger charge is -2.34. The molecule has 0 spiro atoms. The Kier molecular flexibility index (Phi) is 9.35. The lowest BCUT2D eigenvalue weighted by atomic mass is 10.1. The van der Waals surface area contributed by atoms with Crippen molar-refractivity contribution in [2.45, 2.75) is 19.1 Å². The van der Waals surface area contributed by atoms with Crippen molar-refractivity contribution in [1.82, 2.24) is 14.7 Å². The highest BCUT2D eigenvalue weighted by Gasteiger charge is 2.19. The van der Waals surface area contributed by atoms with Crippen molar-refractivity contribution in [3.63, 3.8) is 0 Å². The first-order valence-corrected chi connectivity index (χ1v) is 11.0. The molecular weight excluding hydrogens is 400 g/mol. The maximum absolute atomic E-state index is 11.0. The number of β-amino-alcohol motifs (C(OH)–C–C–N with tert-alkyl or cyclic N) is 1. The fourth-order valence-corrected chi connectivity index (χ4v) is 3.95. The lowest BCUT2D eigenvalue weighted by Crippen LogP contribution is -2.46. The number of morpholine rings is 1. The van der Waals surface area contributed by atoms with Gasteiger partial charge in [-0.3, -0.25) is 14.6 Å². The number of nitrogens with zero attached hydrogens (tertiary/aromatic N) is 3. The van der Waals surface area contributed by atoms with Gasteiger partial charge in [0.2, 0.25) is 5.91 Å². The van der Waals surface area contributed by atoms with Crippen LogP contribution in [0.4, 0.5) is 0 Å². The fourth-order valence-electron chi connectivity index (χ4n) is 3.95. The number of hydrogen-bond donors (Lipinski definition) is 2. The predicted molar refractivity (Wildman–Crippen MR) is 117 cm³/mol. The third-order valence-electron chi connectivity index (χ3n) is 5.78. The zero-order chi connectivity index (χ0) is 22.1. The van der Waals surface area contributed by atoms with E-state index >= 15 is 0 Å². The summed E-state index contributed by atoms with van der Waals surface area (Å²) in [7, 11) is 1.63. The van der Waals surface area contributed by atoms with Crippen molar-refractivity contribution < 1.29 is 24.1 Å². The molecule has 0 bridgehead atoms. The number of piperazine rings is 1. The van der Waals surface area contributed by atoms with Gasteiger partial charge in [0.25, 0.3) is 0 Å². The monoisotopic (exact) mass is 436 g/mol. The van der Waals surface area contributed by atoms with Gasteiger partial charge in [0.1, 0.15) is 12.7 Å². The van der Waals surface area contributed by atoms with Crippen LogP contribution in [0.25, 0.3) is 0 Å². The number of aliphatic hydroxyl groups is 1. The number of primary amides is 1. The first kappa shape index (κ1) is 23.7. The van der Waals surface area contributed by atoms with Gasteiger partial charge in [0.15, 0.2) is 11.5 Å². The second-order valence-electron chi connectivity index (χ2n) is 8.20. The molecule has 174 valence electrons. The molecule has 0 aromatic heterocycles. The van der Waals surface area contributed by atoms with E-state index in [0.717, 1.165) is 57.9 Å². The van der Waals surface area contributed by atoms with E-state index in [4.69, 9.17) is 19.9 Å². The number of hydrogen-bond acceptors (Lipinski definition) is 8. The summed E-state index contributed by atoms with van der Waals surface area (Å²) < 4.78 is 16.7. The molecule has 31 heavy (non-hydrogen) atoms. The Balaban J connectivity index is 1.44. The molecule has 2 saturated heterocycles. The molecule has 0 radical (unpaired) electrons. The quantitative estimate of drug-likeness (QED) is 0.490. The number of ether oxygens (including phenoxy) is 3. The molecule has 1 amide bonds. The average molecular weight is 437 g/mol. The molecule has 2 heterocycles. The minimum atomic E-state index is -0.562. The summed E-state index contributed by atoms with van der Waals surface area (Å²) in [6.07, 6.45) is -0.145. The first-order chi connectivity index (χ1) is 15.0. The Hall–Kier alpha value is -1.91. The van der Waals surface area contributed by atoms with E-state index in [-0.39, 0.29) is 12.5 Å². The molecule has 2 fully saturated rings. The van der Waals surface area contributed by atoms with Gasteiger partial charge in [-0.1, -0.05) is 6.07 Å². The largest absolute Gasteiger partial charge is 0.493 e. The Bertz CT molecular complexity index is 690. The molecule has 1 aromatic rings. The summed E-state index contributed by atoms with van der Waals surface area (Å²) in [5.41, 5.74) is 6.40. The average Bonchev–Trinajstić information content (AvgIpc) is 2.78. The first-order valence-electron chi connectivity index (χ1n) is 11.0. The molecule has 1 unspecified atom stereocenters. The van der Waals surface area contributed by atoms with Gasteiger partial charge in [-0.05, 0) is 17.7 Å². The maximum Gasteiger partial charge on any atom is 0.218 e. The number of methoxy groups -OCH3 is 1. The second-order valence-corrected chi connectivity index (χ2v) is 8.20. The Morgan fingerprint density at radius 2 is 1.81 bits per heavy atom. The number of carbonyl (C=O) groups is 1. The molecular formula is C22H36N4O5. The van der Waals surface area contributed by atoms with E-state index < -0.39 is 6.10 Å². The molecule has 0 aliphatic carbocycles. The van der Waals surface area contributed by atoms with E-state index in [1.807, 2.05) is 18.2 Å². The second kappa shape index (κ2) is 12.2. The molecule has 9 heteroatoms. The molecule has 2 aliphatic heterocycles. The molecule has 9 nitrogen and oxygen atoms in total. The van der Waals surface area contributed by atoms with Crippen LogP contribution in [0, 0.1) is 0 Å². The zero-order valence-electron chi connectivity index (χ0n) is 18.5. The van der Waals surface area contributed by atoms with Crippen molar-refractivity contribution in [2.24, 2.45) is 5.73 Å². The van der Waals surface area contributed by atoms with E-state index in [0.29, 0.717) is 37.7 Å². The molecule has 2 aliphatic rings. The van der Waals surface area contributed by atoms with Crippen LogP contribution >= 0.6 is 0 Å². The lowest BCUT2D eigenvalue weighted by molar-refractivity contribution is -0.118. The number of carbonyl (C=O) groups excluding carboxylic acids is 1. The number of rotatable bonds is 11. The van der Waals surface area contributed by atoms with Gasteiger partial charge in [0, 0.05) is 65.3 Å². The van der Waals surface area contributed by atoms with Crippen LogP contribution < -0.4 is 15.2 Å². The Morgan fingerprint density at radius 1 is 1.10 bits per heavy atom. The smallest absolute Gasteiger partial charge is 0.218 e. The zero-order valence-corrected chi connectivity index (χ0v) is 18.5. The highest BCUT2D eigenvalue weighted by Crippen LogP contribution is 2.29. The van der Waals surface area contributed by atoms with Crippen molar-refractivity contribution in [3.05, 3.63) is 23.8 Å². The van der Waals surface area contributed by atoms with Crippen molar-refractivity contribution in [3.8, 4) is 11.5 Å². The fraction of sp³-hybridized carbons (Fsp3) is 0.682. The minimum absolute atomic E-state index is 0.223. The van der Waals surface area contributed by atoms with Crippen LogP contribution in [-0.4, -0.2) is 111 Å². The van der Waals surface area contributed by atoms with E-state index in [1.54, 1.807) is 7.11 Å². The van der Waals surface area contributed by atoms with Crippen molar-refractivity contribution in [1.29, 1.82) is 0 Å². The predicted octanol–water partition coefficient (Wildman–Crippen LogP) is -0.240. The van der Waals surface area contributed by atoms with Crippen LogP contribution in [0.2, 0.25) is 0 Å². The molecule has 1 aromatic carbocycles. The van der Waals surface area contributed by atoms with Gasteiger partial charge in [0.05, 0.1) is 20.3 Å². The van der Waals surface area contributed by atoms with Gasteiger partial charge in [-0.2, -0.15) is 0 Å². The summed E-state index contributed by atoms with van der Waals surface area (Å²) in [6.45, 7) is 9.26. The van der Waals surface area contributed by atoms with Crippen molar-refractivity contribution >= 4 is 5.91 Å². The molecule has 0 saturated carbocycles. The molecule has 3 N–H and O–H groups in total. The summed E-state index contributed by atoms with van der Waals surface area (Å²) >= 11 is 0. The van der Waals surface area contributed by atoms with Crippen LogP contribution in [0.5, 0.6) is 11.5 Å². The van der Waals surface area contributed by atoms with E-state index in [2.05, 4.69) is 14.7 Å². The summed E-state index contributed by atoms with van der Waals surface area (Å²) in [4.78, 5) is 17.8. The van der Waals surface area contributed by atoms with Crippen LogP contribution in [0.1, 0.15) is 12.0 Å². The Labute approximate surface area is 184 Å². The number of amides is 1. The third-order valence-corrected chi connectivity index (χ3v) is 5.78. The highest BCUT2D eigenvalue weighted by atomic mass is 16.5. The SMILES string of the molecule is COc1cc(CN2CCN(CCC(N)=O)CC2)ccc1OCC(O)CN1CCOCC1. The van der Waals surface area contributed by atoms with Gasteiger partial charge >= 0.3 is 0 Å². The highest BCUT2D eigenvalue weighted by molar-refractivity contribution is 5.73.